The Hall–Kier alpha value is -2.18. The maximum absolute atomic E-state index is 13.1. The molecule has 1 amide bonds. The summed E-state index contributed by atoms with van der Waals surface area (Å²) in [6, 6.07) is 10.5. The predicted octanol–water partition coefficient (Wildman–Crippen LogP) is 1.21. The Labute approximate surface area is 148 Å². The molecule has 2 aliphatic rings. The molecule has 3 heterocycles. The van der Waals surface area contributed by atoms with Crippen LogP contribution in [0.2, 0.25) is 0 Å². The van der Waals surface area contributed by atoms with E-state index < -0.39 is 0 Å². The van der Waals surface area contributed by atoms with E-state index in [4.69, 9.17) is 0 Å². The molecular formula is C19H25N5O. The first-order valence-electron chi connectivity index (χ1n) is 9.05. The van der Waals surface area contributed by atoms with Crippen molar-refractivity contribution in [3.8, 4) is 11.3 Å². The van der Waals surface area contributed by atoms with Crippen molar-refractivity contribution in [3.05, 3.63) is 42.1 Å². The van der Waals surface area contributed by atoms with Gasteiger partial charge in [0.25, 0.3) is 5.91 Å². The number of amides is 1. The number of rotatable bonds is 3. The summed E-state index contributed by atoms with van der Waals surface area (Å²) >= 11 is 0. The number of hydrogen-bond donors (Lipinski definition) is 1. The average molecular weight is 339 g/mol. The van der Waals surface area contributed by atoms with E-state index in [0.717, 1.165) is 56.9 Å². The largest absolute Gasteiger partial charge is 0.337 e. The van der Waals surface area contributed by atoms with Crippen LogP contribution in [0.1, 0.15) is 16.8 Å². The number of hydrogen-bond acceptors (Lipinski definition) is 4. The number of likely N-dealkylation sites (tertiary alicyclic amines) is 1. The smallest absolute Gasteiger partial charge is 0.257 e. The molecule has 6 nitrogen and oxygen atoms in total. The van der Waals surface area contributed by atoms with Gasteiger partial charge in [-0.2, -0.15) is 5.10 Å². The van der Waals surface area contributed by atoms with Crippen LogP contribution in [0.15, 0.2) is 36.5 Å². The summed E-state index contributed by atoms with van der Waals surface area (Å²) in [5.41, 5.74) is 2.63. The fourth-order valence-corrected chi connectivity index (χ4v) is 3.97. The fourth-order valence-electron chi connectivity index (χ4n) is 3.97. The van der Waals surface area contributed by atoms with E-state index in [0.29, 0.717) is 11.6 Å². The molecule has 0 radical (unpaired) electrons. The van der Waals surface area contributed by atoms with E-state index in [2.05, 4.69) is 15.3 Å². The highest BCUT2D eigenvalue weighted by molar-refractivity contribution is 6.00. The second-order valence-corrected chi connectivity index (χ2v) is 6.88. The zero-order valence-corrected chi connectivity index (χ0v) is 14.7. The summed E-state index contributed by atoms with van der Waals surface area (Å²) in [5.74, 6) is 0.101. The lowest BCUT2D eigenvalue weighted by Gasteiger charge is -2.32. The van der Waals surface area contributed by atoms with E-state index in [1.165, 1.54) is 0 Å². The second kappa shape index (κ2) is 6.98. The third kappa shape index (κ3) is 3.19. The summed E-state index contributed by atoms with van der Waals surface area (Å²) < 4.78 is 1.80. The normalized spacial score (nSPS) is 21.6. The summed E-state index contributed by atoms with van der Waals surface area (Å²) in [6.07, 6.45) is 2.77. The van der Waals surface area contributed by atoms with Crippen LogP contribution in [0.3, 0.4) is 0 Å². The second-order valence-electron chi connectivity index (χ2n) is 6.88. The zero-order valence-electron chi connectivity index (χ0n) is 14.7. The van der Waals surface area contributed by atoms with Crippen molar-refractivity contribution in [2.75, 3.05) is 39.3 Å². The number of benzene rings is 1. The number of piperazine rings is 1. The molecule has 2 saturated heterocycles. The van der Waals surface area contributed by atoms with Crippen LogP contribution < -0.4 is 5.32 Å². The monoisotopic (exact) mass is 339 g/mol. The van der Waals surface area contributed by atoms with Crippen LogP contribution in [0.25, 0.3) is 11.3 Å². The number of nitrogens with zero attached hydrogens (tertiary/aromatic N) is 4. The standard InChI is InChI=1S/C19H25N5O/c1-22-18(15-5-3-2-4-6-15)17(13-21-22)19(25)24-10-7-16(14-24)23-11-8-20-9-12-23/h2-6,13,16,20H,7-12,14H2,1H3. The van der Waals surface area contributed by atoms with E-state index in [-0.39, 0.29) is 5.91 Å². The molecule has 0 saturated carbocycles. The van der Waals surface area contributed by atoms with Gasteiger partial charge in [0.2, 0.25) is 0 Å². The van der Waals surface area contributed by atoms with Gasteiger partial charge in [0.15, 0.2) is 0 Å². The van der Waals surface area contributed by atoms with Gasteiger partial charge < -0.3 is 10.2 Å². The summed E-state index contributed by atoms with van der Waals surface area (Å²) in [4.78, 5) is 17.6. The molecule has 1 aromatic heterocycles. The highest BCUT2D eigenvalue weighted by Crippen LogP contribution is 2.26. The molecule has 4 rings (SSSR count). The first-order chi connectivity index (χ1) is 12.2. The lowest BCUT2D eigenvalue weighted by Crippen LogP contribution is -2.49. The Morgan fingerprint density at radius 3 is 2.68 bits per heavy atom. The van der Waals surface area contributed by atoms with E-state index >= 15 is 0 Å². The maximum atomic E-state index is 13.1. The average Bonchev–Trinajstić information content (AvgIpc) is 3.30. The molecule has 0 aliphatic carbocycles. The SMILES string of the molecule is Cn1ncc(C(=O)N2CCC(N3CCNCC3)C2)c1-c1ccccc1. The Morgan fingerprint density at radius 2 is 1.92 bits per heavy atom. The third-order valence-electron chi connectivity index (χ3n) is 5.33. The van der Waals surface area contributed by atoms with Gasteiger partial charge in [0.05, 0.1) is 17.5 Å². The zero-order chi connectivity index (χ0) is 17.2. The molecule has 1 atom stereocenters. The van der Waals surface area contributed by atoms with Crippen molar-refractivity contribution in [2.45, 2.75) is 12.5 Å². The van der Waals surface area contributed by atoms with Crippen molar-refractivity contribution in [1.82, 2.24) is 24.9 Å². The summed E-state index contributed by atoms with van der Waals surface area (Å²) in [6.45, 7) is 5.90. The molecule has 0 bridgehead atoms. The van der Waals surface area contributed by atoms with Crippen molar-refractivity contribution in [3.63, 3.8) is 0 Å². The van der Waals surface area contributed by atoms with E-state index in [1.807, 2.05) is 42.3 Å². The summed E-state index contributed by atoms with van der Waals surface area (Å²) in [5, 5.41) is 7.74. The number of aryl methyl sites for hydroxylation is 1. The Balaban J connectivity index is 1.52. The first-order valence-corrected chi connectivity index (χ1v) is 9.05. The Morgan fingerprint density at radius 1 is 1.16 bits per heavy atom. The topological polar surface area (TPSA) is 53.4 Å². The van der Waals surface area contributed by atoms with Crippen LogP contribution in [0.5, 0.6) is 0 Å². The van der Waals surface area contributed by atoms with Crippen molar-refractivity contribution in [1.29, 1.82) is 0 Å². The Bertz CT molecular complexity index is 736. The highest BCUT2D eigenvalue weighted by Gasteiger charge is 2.32. The Kier molecular flexibility index (Phi) is 4.55. The quantitative estimate of drug-likeness (QED) is 0.913. The number of carbonyl (C=O) groups excluding carboxylic acids is 1. The number of nitrogens with one attached hydrogen (secondary N) is 1. The van der Waals surface area contributed by atoms with Crippen molar-refractivity contribution >= 4 is 5.91 Å². The predicted molar refractivity (Wildman–Crippen MR) is 97.4 cm³/mol. The first kappa shape index (κ1) is 16.3. The highest BCUT2D eigenvalue weighted by atomic mass is 16.2. The third-order valence-corrected chi connectivity index (χ3v) is 5.33. The molecule has 6 heteroatoms. The van der Waals surface area contributed by atoms with Crippen LogP contribution in [-0.4, -0.2) is 70.8 Å². The number of aromatic nitrogens is 2. The minimum atomic E-state index is 0.101. The van der Waals surface area contributed by atoms with Gasteiger partial charge in [0.1, 0.15) is 0 Å². The lowest BCUT2D eigenvalue weighted by molar-refractivity contribution is 0.0774. The molecule has 25 heavy (non-hydrogen) atoms. The van der Waals surface area contributed by atoms with Crippen molar-refractivity contribution in [2.24, 2.45) is 7.05 Å². The van der Waals surface area contributed by atoms with Gasteiger partial charge in [-0.3, -0.25) is 14.4 Å². The molecular weight excluding hydrogens is 314 g/mol. The number of carbonyl (C=O) groups is 1. The van der Waals surface area contributed by atoms with E-state index in [1.54, 1.807) is 10.9 Å². The van der Waals surface area contributed by atoms with E-state index in [9.17, 15) is 4.79 Å². The van der Waals surface area contributed by atoms with Crippen LogP contribution in [0.4, 0.5) is 0 Å². The molecule has 2 aromatic rings. The molecule has 1 aromatic carbocycles. The fraction of sp³-hybridized carbons (Fsp3) is 0.474. The van der Waals surface area contributed by atoms with Gasteiger partial charge in [-0.05, 0) is 6.42 Å². The van der Waals surface area contributed by atoms with Crippen LogP contribution in [-0.2, 0) is 7.05 Å². The molecule has 0 spiro atoms. The minimum absolute atomic E-state index is 0.101. The lowest BCUT2D eigenvalue weighted by atomic mass is 10.1. The maximum Gasteiger partial charge on any atom is 0.257 e. The van der Waals surface area contributed by atoms with Gasteiger partial charge >= 0.3 is 0 Å². The molecule has 1 N–H and O–H groups in total. The summed E-state index contributed by atoms with van der Waals surface area (Å²) in [7, 11) is 1.90. The minimum Gasteiger partial charge on any atom is -0.337 e. The van der Waals surface area contributed by atoms with Gasteiger partial charge in [-0.25, -0.2) is 0 Å². The molecule has 1 unspecified atom stereocenters. The van der Waals surface area contributed by atoms with Gasteiger partial charge in [-0.15, -0.1) is 0 Å². The van der Waals surface area contributed by atoms with Crippen LogP contribution >= 0.6 is 0 Å². The molecule has 2 aliphatic heterocycles. The van der Waals surface area contributed by atoms with Crippen LogP contribution in [0, 0.1) is 0 Å². The van der Waals surface area contributed by atoms with Crippen molar-refractivity contribution < 1.29 is 4.79 Å². The van der Waals surface area contributed by atoms with Gasteiger partial charge in [-0.1, -0.05) is 30.3 Å². The van der Waals surface area contributed by atoms with Gasteiger partial charge in [0, 0.05) is 57.9 Å². The molecule has 2 fully saturated rings. The molecule has 132 valence electrons.